The molecule has 2 amide bonds. The first-order valence-electron chi connectivity index (χ1n) is 5.11. The number of hydrazine groups is 1. The fourth-order valence-corrected chi connectivity index (χ4v) is 2.55. The fraction of sp³-hybridized carbons (Fsp3) is 0.100. The van der Waals surface area contributed by atoms with E-state index in [2.05, 4.69) is 5.43 Å². The van der Waals surface area contributed by atoms with Crippen LogP contribution in [0.3, 0.4) is 0 Å². The molecule has 1 aliphatic rings. The van der Waals surface area contributed by atoms with E-state index in [0.29, 0.717) is 0 Å². The normalized spacial score (nSPS) is 14.3. The van der Waals surface area contributed by atoms with Crippen molar-refractivity contribution in [3.05, 3.63) is 42.1 Å². The molecule has 9 heteroatoms. The van der Waals surface area contributed by atoms with Gasteiger partial charge in [0.15, 0.2) is 4.90 Å². The van der Waals surface area contributed by atoms with Crippen LogP contribution >= 0.6 is 0 Å². The molecule has 0 saturated heterocycles. The number of urea groups is 1. The Balaban J connectivity index is 2.25. The number of hydrogen-bond donors (Lipinski definition) is 2. The highest BCUT2D eigenvalue weighted by molar-refractivity contribution is 7.90. The number of carbonyl (C=O) groups is 1. The van der Waals surface area contributed by atoms with Gasteiger partial charge in [-0.1, -0.05) is 6.07 Å². The summed E-state index contributed by atoms with van der Waals surface area (Å²) in [4.78, 5) is 10.4. The first-order valence-corrected chi connectivity index (χ1v) is 6.59. The molecule has 0 saturated carbocycles. The lowest BCUT2D eigenvalue weighted by molar-refractivity contribution is 0.200. The summed E-state index contributed by atoms with van der Waals surface area (Å²) in [5, 5.41) is 0.927. The first-order chi connectivity index (χ1) is 8.92. The van der Waals surface area contributed by atoms with Gasteiger partial charge in [0.05, 0.1) is 6.54 Å². The third-order valence-corrected chi connectivity index (χ3v) is 3.66. The Bertz CT molecular complexity index is 617. The fourth-order valence-electron chi connectivity index (χ4n) is 1.46. The van der Waals surface area contributed by atoms with Crippen LogP contribution in [0.2, 0.25) is 0 Å². The second kappa shape index (κ2) is 4.84. The monoisotopic (exact) mass is 289 g/mol. The van der Waals surface area contributed by atoms with Crippen LogP contribution in [-0.4, -0.2) is 26.0 Å². The standard InChI is InChI=1S/C10H9F2N3O3S/c11-7-3-1-4-8(12)9(7)19(17,18)14-10(16)15-6-2-5-13-15/h1-5,13H,6H2,(H,14,16). The van der Waals surface area contributed by atoms with Crippen molar-refractivity contribution in [1.82, 2.24) is 15.2 Å². The summed E-state index contributed by atoms with van der Waals surface area (Å²) in [7, 11) is -4.62. The van der Waals surface area contributed by atoms with Crippen molar-refractivity contribution in [2.24, 2.45) is 0 Å². The molecule has 2 rings (SSSR count). The number of carbonyl (C=O) groups excluding carboxylic acids is 1. The maximum Gasteiger partial charge on any atom is 0.350 e. The predicted molar refractivity (Wildman–Crippen MR) is 61.1 cm³/mol. The largest absolute Gasteiger partial charge is 0.350 e. The van der Waals surface area contributed by atoms with Gasteiger partial charge in [0.2, 0.25) is 0 Å². The summed E-state index contributed by atoms with van der Waals surface area (Å²) in [6.07, 6.45) is 2.99. The van der Waals surface area contributed by atoms with Gasteiger partial charge in [0, 0.05) is 6.20 Å². The SMILES string of the molecule is O=C(NS(=O)(=O)c1c(F)cccc1F)N1CC=CN1. The van der Waals surface area contributed by atoms with Crippen molar-refractivity contribution in [2.45, 2.75) is 4.90 Å². The molecule has 0 unspecified atom stereocenters. The van der Waals surface area contributed by atoms with E-state index in [1.54, 1.807) is 10.8 Å². The number of sulfonamides is 1. The van der Waals surface area contributed by atoms with Gasteiger partial charge in [0.25, 0.3) is 10.0 Å². The molecular formula is C10H9F2N3O3S. The van der Waals surface area contributed by atoms with Gasteiger partial charge in [-0.05, 0) is 18.2 Å². The topological polar surface area (TPSA) is 78.5 Å². The van der Waals surface area contributed by atoms with Gasteiger partial charge in [-0.15, -0.1) is 0 Å². The lowest BCUT2D eigenvalue weighted by atomic mass is 10.3. The lowest BCUT2D eigenvalue weighted by Crippen LogP contribution is -2.46. The first kappa shape index (κ1) is 13.3. The van der Waals surface area contributed by atoms with Gasteiger partial charge in [-0.2, -0.15) is 0 Å². The van der Waals surface area contributed by atoms with Crippen molar-refractivity contribution in [2.75, 3.05) is 6.54 Å². The Kier molecular flexibility index (Phi) is 3.38. The van der Waals surface area contributed by atoms with Crippen LogP contribution in [0, 0.1) is 11.6 Å². The molecule has 1 aromatic rings. The van der Waals surface area contributed by atoms with Crippen molar-refractivity contribution < 1.29 is 22.0 Å². The van der Waals surface area contributed by atoms with Gasteiger partial charge in [0.1, 0.15) is 11.6 Å². The summed E-state index contributed by atoms with van der Waals surface area (Å²) < 4.78 is 51.8. The molecule has 0 atom stereocenters. The molecule has 1 aliphatic heterocycles. The second-order valence-corrected chi connectivity index (χ2v) is 5.22. The second-order valence-electron chi connectivity index (χ2n) is 3.60. The van der Waals surface area contributed by atoms with E-state index in [-0.39, 0.29) is 6.54 Å². The van der Waals surface area contributed by atoms with Gasteiger partial charge in [-0.25, -0.2) is 31.7 Å². The number of amides is 2. The zero-order chi connectivity index (χ0) is 14.0. The van der Waals surface area contributed by atoms with E-state index < -0.39 is 32.6 Å². The van der Waals surface area contributed by atoms with E-state index in [1.807, 2.05) is 0 Å². The molecule has 2 N–H and O–H groups in total. The van der Waals surface area contributed by atoms with Crippen molar-refractivity contribution >= 4 is 16.1 Å². The highest BCUT2D eigenvalue weighted by Crippen LogP contribution is 2.18. The summed E-state index contributed by atoms with van der Waals surface area (Å²) in [5.41, 5.74) is 2.45. The van der Waals surface area contributed by atoms with E-state index >= 15 is 0 Å². The van der Waals surface area contributed by atoms with Crippen LogP contribution in [0.1, 0.15) is 0 Å². The lowest BCUT2D eigenvalue weighted by Gasteiger charge is -2.17. The third-order valence-electron chi connectivity index (χ3n) is 2.29. The summed E-state index contributed by atoms with van der Waals surface area (Å²) >= 11 is 0. The van der Waals surface area contributed by atoms with Crippen LogP contribution in [0.25, 0.3) is 0 Å². The van der Waals surface area contributed by atoms with Crippen molar-refractivity contribution in [3.8, 4) is 0 Å². The van der Waals surface area contributed by atoms with Gasteiger partial charge >= 0.3 is 6.03 Å². The van der Waals surface area contributed by atoms with Crippen LogP contribution < -0.4 is 10.1 Å². The van der Waals surface area contributed by atoms with Crippen molar-refractivity contribution in [1.29, 1.82) is 0 Å². The smallest absolute Gasteiger partial charge is 0.302 e. The zero-order valence-corrected chi connectivity index (χ0v) is 10.2. The summed E-state index contributed by atoms with van der Waals surface area (Å²) in [6.45, 7) is 0.140. The van der Waals surface area contributed by atoms with Crippen LogP contribution in [0.5, 0.6) is 0 Å². The molecule has 0 fully saturated rings. The number of halogens is 2. The van der Waals surface area contributed by atoms with Gasteiger partial charge < -0.3 is 5.43 Å². The Hall–Kier alpha value is -2.16. The Morgan fingerprint density at radius 1 is 1.32 bits per heavy atom. The van der Waals surface area contributed by atoms with Crippen LogP contribution in [0.4, 0.5) is 13.6 Å². The molecular weight excluding hydrogens is 280 g/mol. The van der Waals surface area contributed by atoms with Crippen LogP contribution in [-0.2, 0) is 10.0 Å². The predicted octanol–water partition coefficient (Wildman–Crippen LogP) is 0.697. The number of nitrogens with zero attached hydrogens (tertiary/aromatic N) is 1. The van der Waals surface area contributed by atoms with E-state index in [0.717, 1.165) is 23.2 Å². The highest BCUT2D eigenvalue weighted by atomic mass is 32.2. The molecule has 0 spiro atoms. The maximum atomic E-state index is 13.4. The molecule has 19 heavy (non-hydrogen) atoms. The molecule has 0 aliphatic carbocycles. The number of benzene rings is 1. The number of nitrogens with one attached hydrogen (secondary N) is 2. The molecule has 0 aromatic heterocycles. The minimum absolute atomic E-state index is 0.140. The van der Waals surface area contributed by atoms with E-state index in [1.165, 1.54) is 6.20 Å². The molecule has 0 bridgehead atoms. The summed E-state index contributed by atoms with van der Waals surface area (Å²) in [6, 6.07) is 1.57. The number of hydrogen-bond acceptors (Lipinski definition) is 4. The quantitative estimate of drug-likeness (QED) is 0.840. The van der Waals surface area contributed by atoms with Crippen molar-refractivity contribution in [3.63, 3.8) is 0 Å². The minimum atomic E-state index is -4.62. The van der Waals surface area contributed by atoms with E-state index in [9.17, 15) is 22.0 Å². The minimum Gasteiger partial charge on any atom is -0.302 e. The molecule has 102 valence electrons. The molecule has 1 heterocycles. The third kappa shape index (κ3) is 2.65. The average molecular weight is 289 g/mol. The summed E-state index contributed by atoms with van der Waals surface area (Å²) in [5.74, 6) is -2.54. The zero-order valence-electron chi connectivity index (χ0n) is 9.43. The van der Waals surface area contributed by atoms with E-state index in [4.69, 9.17) is 0 Å². The highest BCUT2D eigenvalue weighted by Gasteiger charge is 2.28. The average Bonchev–Trinajstić information content (AvgIpc) is 2.80. The van der Waals surface area contributed by atoms with Crippen LogP contribution in [0.15, 0.2) is 35.4 Å². The Morgan fingerprint density at radius 2 is 1.95 bits per heavy atom. The van der Waals surface area contributed by atoms with Gasteiger partial charge in [-0.3, -0.25) is 0 Å². The maximum absolute atomic E-state index is 13.4. The molecule has 6 nitrogen and oxygen atoms in total. The Labute approximate surface area is 107 Å². The molecule has 0 radical (unpaired) electrons. The molecule has 1 aromatic carbocycles. The Morgan fingerprint density at radius 3 is 2.47 bits per heavy atom. The number of rotatable bonds is 2.